The van der Waals surface area contributed by atoms with Gasteiger partial charge in [-0.05, 0) is 0 Å². The first kappa shape index (κ1) is 14.3. The molecule has 0 radical (unpaired) electrons. The van der Waals surface area contributed by atoms with Crippen molar-refractivity contribution < 1.29 is 23.1 Å². The van der Waals surface area contributed by atoms with Gasteiger partial charge in [0.25, 0.3) is 10.2 Å². The van der Waals surface area contributed by atoms with E-state index in [2.05, 4.69) is 4.72 Å². The third-order valence-electron chi connectivity index (χ3n) is 1.64. The van der Waals surface area contributed by atoms with Crippen LogP contribution in [0.1, 0.15) is 6.42 Å². The summed E-state index contributed by atoms with van der Waals surface area (Å²) in [5.41, 5.74) is 0. The van der Waals surface area contributed by atoms with Crippen LogP contribution < -0.4 is 4.72 Å². The predicted molar refractivity (Wildman–Crippen MR) is 53.7 cm³/mol. The van der Waals surface area contributed by atoms with Crippen LogP contribution in [-0.2, 0) is 19.7 Å². The zero-order valence-electron chi connectivity index (χ0n) is 8.76. The molecule has 7 nitrogen and oxygen atoms in total. The molecule has 0 aromatic rings. The van der Waals surface area contributed by atoms with Crippen molar-refractivity contribution in [2.24, 2.45) is 0 Å². The Hall–Kier alpha value is -0.700. The van der Waals surface area contributed by atoms with Crippen LogP contribution in [0, 0.1) is 0 Å². The molecule has 0 saturated carbocycles. The molecule has 0 bridgehead atoms. The Morgan fingerprint density at radius 2 is 2.13 bits per heavy atom. The number of hydrogen-bond acceptors (Lipinski definition) is 4. The van der Waals surface area contributed by atoms with Crippen molar-refractivity contribution in [3.8, 4) is 0 Å². The highest BCUT2D eigenvalue weighted by Gasteiger charge is 2.16. The number of carboxylic acid groups (broad SMARTS) is 1. The van der Waals surface area contributed by atoms with Crippen LogP contribution in [0.5, 0.6) is 0 Å². The van der Waals surface area contributed by atoms with Gasteiger partial charge in [-0.1, -0.05) is 0 Å². The van der Waals surface area contributed by atoms with Crippen molar-refractivity contribution in [3.63, 3.8) is 0 Å². The molecule has 0 saturated heterocycles. The molecule has 0 aromatic heterocycles. The summed E-state index contributed by atoms with van der Waals surface area (Å²) < 4.78 is 30.7. The van der Waals surface area contributed by atoms with Crippen LogP contribution in [0.25, 0.3) is 0 Å². The molecule has 2 N–H and O–H groups in total. The molecule has 0 aliphatic rings. The molecule has 0 amide bonds. The number of rotatable bonds is 8. The van der Waals surface area contributed by atoms with E-state index in [1.54, 1.807) is 0 Å². The van der Waals surface area contributed by atoms with Gasteiger partial charge in [-0.2, -0.15) is 12.7 Å². The van der Waals surface area contributed by atoms with E-state index in [0.29, 0.717) is 0 Å². The summed E-state index contributed by atoms with van der Waals surface area (Å²) in [4.78, 5) is 10.2. The lowest BCUT2D eigenvalue weighted by Gasteiger charge is -2.16. The van der Waals surface area contributed by atoms with Gasteiger partial charge in [-0.25, -0.2) is 4.72 Å². The number of nitrogens with one attached hydrogen (secondary N) is 1. The second-order valence-electron chi connectivity index (χ2n) is 2.86. The normalized spacial score (nSPS) is 11.9. The number of likely N-dealkylation sites (N-methyl/N-ethyl adjacent to an activating group) is 1. The molecule has 0 aliphatic carbocycles. The number of carboxylic acids is 1. The first-order chi connectivity index (χ1) is 6.90. The maximum Gasteiger partial charge on any atom is 0.304 e. The van der Waals surface area contributed by atoms with Crippen molar-refractivity contribution in [2.45, 2.75) is 6.42 Å². The molecule has 0 aliphatic heterocycles. The molecular weight excluding hydrogens is 224 g/mol. The Labute approximate surface area is 89.2 Å². The summed E-state index contributed by atoms with van der Waals surface area (Å²) in [5.74, 6) is -1.04. The highest BCUT2D eigenvalue weighted by molar-refractivity contribution is 7.87. The summed E-state index contributed by atoms with van der Waals surface area (Å²) >= 11 is 0. The number of ether oxygens (including phenoxy) is 1. The molecule has 90 valence electrons. The zero-order chi connectivity index (χ0) is 11.9. The van der Waals surface area contributed by atoms with E-state index in [-0.39, 0.29) is 26.1 Å². The van der Waals surface area contributed by atoms with Crippen molar-refractivity contribution in [1.82, 2.24) is 9.03 Å². The summed E-state index contributed by atoms with van der Waals surface area (Å²) in [6.07, 6.45) is -0.239. The second kappa shape index (κ2) is 6.72. The minimum absolute atomic E-state index is 0.116. The van der Waals surface area contributed by atoms with Crippen molar-refractivity contribution >= 4 is 16.2 Å². The van der Waals surface area contributed by atoms with Gasteiger partial charge in [0.2, 0.25) is 0 Å². The van der Waals surface area contributed by atoms with Crippen LogP contribution in [-0.4, -0.2) is 57.7 Å². The standard InChI is InChI=1S/C7H16N2O5S/c1-9(5-6-14-2)15(12,13)8-4-3-7(10)11/h8H,3-6H2,1-2H3,(H,10,11). The smallest absolute Gasteiger partial charge is 0.304 e. The molecule has 0 atom stereocenters. The quantitative estimate of drug-likeness (QED) is 0.560. The van der Waals surface area contributed by atoms with E-state index in [0.717, 1.165) is 4.31 Å². The average molecular weight is 240 g/mol. The Kier molecular flexibility index (Phi) is 6.41. The predicted octanol–water partition coefficient (Wildman–Crippen LogP) is -1.13. The van der Waals surface area contributed by atoms with Crippen LogP contribution in [0.4, 0.5) is 0 Å². The largest absolute Gasteiger partial charge is 0.481 e. The molecule has 8 heteroatoms. The van der Waals surface area contributed by atoms with Crippen LogP contribution >= 0.6 is 0 Å². The highest BCUT2D eigenvalue weighted by Crippen LogP contribution is 1.93. The number of methoxy groups -OCH3 is 1. The zero-order valence-corrected chi connectivity index (χ0v) is 9.58. The highest BCUT2D eigenvalue weighted by atomic mass is 32.2. The van der Waals surface area contributed by atoms with E-state index in [1.165, 1.54) is 14.2 Å². The Morgan fingerprint density at radius 1 is 1.53 bits per heavy atom. The van der Waals surface area contributed by atoms with Crippen molar-refractivity contribution in [1.29, 1.82) is 0 Å². The fraction of sp³-hybridized carbons (Fsp3) is 0.857. The number of carbonyl (C=O) groups is 1. The third-order valence-corrected chi connectivity index (χ3v) is 3.22. The monoisotopic (exact) mass is 240 g/mol. The molecule has 0 spiro atoms. The summed E-state index contributed by atoms with van der Waals surface area (Å²) in [6.45, 7) is 0.393. The van der Waals surface area contributed by atoms with E-state index in [1.807, 2.05) is 0 Å². The second-order valence-corrected chi connectivity index (χ2v) is 4.72. The van der Waals surface area contributed by atoms with Gasteiger partial charge in [0.05, 0.1) is 13.0 Å². The van der Waals surface area contributed by atoms with Crippen LogP contribution in [0.3, 0.4) is 0 Å². The molecule has 0 fully saturated rings. The number of nitrogens with zero attached hydrogens (tertiary/aromatic N) is 1. The molecular formula is C7H16N2O5S. The third kappa shape index (κ3) is 6.39. The SMILES string of the molecule is COCCN(C)S(=O)(=O)NCCC(=O)O. The van der Waals surface area contributed by atoms with Gasteiger partial charge < -0.3 is 9.84 Å². The maximum absolute atomic E-state index is 11.4. The van der Waals surface area contributed by atoms with Crippen LogP contribution in [0.15, 0.2) is 0 Å². The topological polar surface area (TPSA) is 95.9 Å². The Balaban J connectivity index is 4.00. The van der Waals surface area contributed by atoms with E-state index >= 15 is 0 Å². The average Bonchev–Trinajstić information content (AvgIpc) is 2.13. The van der Waals surface area contributed by atoms with Gasteiger partial charge in [0, 0.05) is 27.2 Å². The first-order valence-corrected chi connectivity index (χ1v) is 5.76. The van der Waals surface area contributed by atoms with Crippen molar-refractivity contribution in [2.75, 3.05) is 33.9 Å². The number of aliphatic carboxylic acids is 1. The number of hydrogen-bond donors (Lipinski definition) is 2. The molecule has 0 heterocycles. The van der Waals surface area contributed by atoms with Gasteiger partial charge >= 0.3 is 5.97 Å². The van der Waals surface area contributed by atoms with E-state index in [4.69, 9.17) is 9.84 Å². The van der Waals surface area contributed by atoms with Gasteiger partial charge in [-0.3, -0.25) is 4.79 Å². The Bertz CT molecular complexity index is 290. The van der Waals surface area contributed by atoms with E-state index < -0.39 is 16.2 Å². The summed E-state index contributed by atoms with van der Waals surface area (Å²) in [6, 6.07) is 0. The lowest BCUT2D eigenvalue weighted by atomic mass is 10.5. The fourth-order valence-electron chi connectivity index (χ4n) is 0.737. The summed E-state index contributed by atoms with van der Waals surface area (Å²) in [5, 5.41) is 8.32. The minimum Gasteiger partial charge on any atom is -0.481 e. The van der Waals surface area contributed by atoms with Crippen LogP contribution in [0.2, 0.25) is 0 Å². The maximum atomic E-state index is 11.4. The van der Waals surface area contributed by atoms with Gasteiger partial charge in [-0.15, -0.1) is 0 Å². The Morgan fingerprint density at radius 3 is 2.60 bits per heavy atom. The molecule has 15 heavy (non-hydrogen) atoms. The minimum atomic E-state index is -3.59. The molecule has 0 aromatic carbocycles. The van der Waals surface area contributed by atoms with Crippen molar-refractivity contribution in [3.05, 3.63) is 0 Å². The molecule has 0 rings (SSSR count). The van der Waals surface area contributed by atoms with E-state index in [9.17, 15) is 13.2 Å². The first-order valence-electron chi connectivity index (χ1n) is 4.32. The summed E-state index contributed by atoms with van der Waals surface area (Å²) in [7, 11) is -0.727. The molecule has 0 unspecified atom stereocenters. The van der Waals surface area contributed by atoms with Gasteiger partial charge in [0.15, 0.2) is 0 Å². The lowest BCUT2D eigenvalue weighted by molar-refractivity contribution is -0.136. The lowest BCUT2D eigenvalue weighted by Crippen LogP contribution is -2.40. The fourth-order valence-corrected chi connectivity index (χ4v) is 1.63. The van der Waals surface area contributed by atoms with Gasteiger partial charge in [0.1, 0.15) is 0 Å².